The number of aromatic nitrogens is 3. The van der Waals surface area contributed by atoms with E-state index in [1.165, 1.54) is 17.1 Å². The lowest BCUT2D eigenvalue weighted by atomic mass is 10.1. The third-order valence-corrected chi connectivity index (χ3v) is 4.46. The molecule has 2 heterocycles. The maximum absolute atomic E-state index is 12.6. The van der Waals surface area contributed by atoms with E-state index in [-0.39, 0.29) is 5.91 Å². The van der Waals surface area contributed by atoms with E-state index < -0.39 is 0 Å². The van der Waals surface area contributed by atoms with Crippen LogP contribution in [0.25, 0.3) is 0 Å². The molecule has 0 saturated heterocycles. The van der Waals surface area contributed by atoms with E-state index in [4.69, 9.17) is 0 Å². The van der Waals surface area contributed by atoms with Gasteiger partial charge in [-0.25, -0.2) is 4.98 Å². The van der Waals surface area contributed by atoms with Gasteiger partial charge in [-0.3, -0.25) is 4.79 Å². The normalized spacial score (nSPS) is 10.5. The average Bonchev–Trinajstić information content (AvgIpc) is 3.25. The van der Waals surface area contributed by atoms with Crippen LogP contribution in [0, 0.1) is 0 Å². The van der Waals surface area contributed by atoms with E-state index in [1.54, 1.807) is 27.8 Å². The highest BCUT2D eigenvalue weighted by atomic mass is 32.1. The Morgan fingerprint density at radius 1 is 1.23 bits per heavy atom. The van der Waals surface area contributed by atoms with Crippen LogP contribution in [-0.4, -0.2) is 31.9 Å². The van der Waals surface area contributed by atoms with Gasteiger partial charge in [0.25, 0.3) is 5.91 Å². The first-order valence-corrected chi connectivity index (χ1v) is 8.53. The Labute approximate surface area is 136 Å². The maximum atomic E-state index is 12.6. The predicted molar refractivity (Wildman–Crippen MR) is 86.9 cm³/mol. The number of carbonyl (C=O) groups is 1. The smallest absolute Gasteiger partial charge is 0.275 e. The van der Waals surface area contributed by atoms with Gasteiger partial charge in [-0.1, -0.05) is 34.8 Å². The molecule has 0 radical (unpaired) electrons. The van der Waals surface area contributed by atoms with Crippen molar-refractivity contribution in [2.24, 2.45) is 0 Å². The summed E-state index contributed by atoms with van der Waals surface area (Å²) >= 11 is 2.74. The summed E-state index contributed by atoms with van der Waals surface area (Å²) < 4.78 is 3.77. The van der Waals surface area contributed by atoms with Crippen molar-refractivity contribution in [3.63, 3.8) is 0 Å². The molecule has 5 nitrogen and oxygen atoms in total. The highest BCUT2D eigenvalue weighted by Crippen LogP contribution is 2.13. The molecule has 0 aliphatic heterocycles. The van der Waals surface area contributed by atoms with Crippen LogP contribution in [0.4, 0.5) is 0 Å². The molecular formula is C15H14N4OS2. The first-order valence-electron chi connectivity index (χ1n) is 6.81. The fourth-order valence-corrected chi connectivity index (χ4v) is 3.14. The second-order valence-electron chi connectivity index (χ2n) is 4.68. The molecule has 0 aliphatic rings. The van der Waals surface area contributed by atoms with Crippen molar-refractivity contribution in [1.82, 2.24) is 19.5 Å². The van der Waals surface area contributed by atoms with Crippen molar-refractivity contribution < 1.29 is 4.79 Å². The third kappa shape index (κ3) is 3.75. The average molecular weight is 330 g/mol. The molecule has 3 aromatic rings. The molecule has 0 atom stereocenters. The minimum Gasteiger partial charge on any atom is -0.330 e. The van der Waals surface area contributed by atoms with E-state index in [0.29, 0.717) is 18.8 Å². The van der Waals surface area contributed by atoms with Crippen molar-refractivity contribution in [2.75, 3.05) is 6.54 Å². The number of nitrogens with zero attached hydrogens (tertiary/aromatic N) is 4. The summed E-state index contributed by atoms with van der Waals surface area (Å²) in [6, 6.07) is 10.1. The number of thiazole rings is 1. The van der Waals surface area contributed by atoms with Gasteiger partial charge in [0.05, 0.1) is 6.54 Å². The van der Waals surface area contributed by atoms with E-state index in [0.717, 1.165) is 11.4 Å². The summed E-state index contributed by atoms with van der Waals surface area (Å²) in [7, 11) is 0. The van der Waals surface area contributed by atoms with Gasteiger partial charge in [-0.05, 0) is 23.5 Å². The molecule has 7 heteroatoms. The molecule has 1 aromatic carbocycles. The fourth-order valence-electron chi connectivity index (χ4n) is 2.08. The summed E-state index contributed by atoms with van der Waals surface area (Å²) in [6.45, 7) is 1.13. The summed E-state index contributed by atoms with van der Waals surface area (Å²) in [5, 5.41) is 8.40. The predicted octanol–water partition coefficient (Wildman–Crippen LogP) is 2.88. The molecule has 0 bridgehead atoms. The van der Waals surface area contributed by atoms with Gasteiger partial charge in [0, 0.05) is 23.5 Å². The van der Waals surface area contributed by atoms with Crippen molar-refractivity contribution >= 4 is 28.8 Å². The second-order valence-corrected chi connectivity index (χ2v) is 6.27. The van der Waals surface area contributed by atoms with Gasteiger partial charge >= 0.3 is 0 Å². The van der Waals surface area contributed by atoms with Crippen LogP contribution in [0.2, 0.25) is 0 Å². The minimum atomic E-state index is -0.0973. The molecule has 22 heavy (non-hydrogen) atoms. The van der Waals surface area contributed by atoms with Crippen LogP contribution < -0.4 is 0 Å². The van der Waals surface area contributed by atoms with E-state index in [2.05, 4.69) is 26.7 Å². The maximum Gasteiger partial charge on any atom is 0.275 e. The summed E-state index contributed by atoms with van der Waals surface area (Å²) in [6.07, 6.45) is 2.56. The standard InChI is InChI=1S/C15H14N4OS2/c20-15(13-11-22-18-17-13)19(10-14-16-7-9-21-14)8-6-12-4-2-1-3-5-12/h1-5,7,9,11H,6,8,10H2. The zero-order valence-electron chi connectivity index (χ0n) is 11.8. The van der Waals surface area contributed by atoms with Gasteiger partial charge in [-0.15, -0.1) is 16.4 Å². The van der Waals surface area contributed by atoms with E-state index in [1.807, 2.05) is 23.6 Å². The molecular weight excluding hydrogens is 316 g/mol. The number of benzene rings is 1. The van der Waals surface area contributed by atoms with Crippen molar-refractivity contribution in [3.8, 4) is 0 Å². The Morgan fingerprint density at radius 3 is 2.77 bits per heavy atom. The molecule has 0 aliphatic carbocycles. The Morgan fingerprint density at radius 2 is 2.09 bits per heavy atom. The number of hydrogen-bond donors (Lipinski definition) is 0. The van der Waals surface area contributed by atoms with Crippen molar-refractivity contribution in [1.29, 1.82) is 0 Å². The topological polar surface area (TPSA) is 59.0 Å². The van der Waals surface area contributed by atoms with E-state index >= 15 is 0 Å². The number of rotatable bonds is 6. The van der Waals surface area contributed by atoms with Gasteiger partial charge in [0.15, 0.2) is 5.69 Å². The lowest BCUT2D eigenvalue weighted by Gasteiger charge is -2.20. The molecule has 112 valence electrons. The molecule has 0 saturated carbocycles. The molecule has 1 amide bonds. The van der Waals surface area contributed by atoms with Gasteiger partial charge in [-0.2, -0.15) is 0 Å². The van der Waals surface area contributed by atoms with Crippen molar-refractivity contribution in [2.45, 2.75) is 13.0 Å². The molecule has 0 spiro atoms. The Kier molecular flexibility index (Phi) is 4.87. The van der Waals surface area contributed by atoms with Gasteiger partial charge in [0.1, 0.15) is 5.01 Å². The van der Waals surface area contributed by atoms with Crippen LogP contribution >= 0.6 is 22.9 Å². The first-order chi connectivity index (χ1) is 10.8. The summed E-state index contributed by atoms with van der Waals surface area (Å²) in [5.41, 5.74) is 1.60. The minimum absolute atomic E-state index is 0.0973. The molecule has 0 unspecified atom stereocenters. The number of carbonyl (C=O) groups excluding carboxylic acids is 1. The Balaban J connectivity index is 1.72. The van der Waals surface area contributed by atoms with Crippen molar-refractivity contribution in [3.05, 3.63) is 63.6 Å². The van der Waals surface area contributed by atoms with Crippen LogP contribution in [0.5, 0.6) is 0 Å². The largest absolute Gasteiger partial charge is 0.330 e. The molecule has 3 rings (SSSR count). The third-order valence-electron chi connectivity index (χ3n) is 3.19. The summed E-state index contributed by atoms with van der Waals surface area (Å²) in [5.74, 6) is -0.0973. The lowest BCUT2D eigenvalue weighted by molar-refractivity contribution is 0.0739. The zero-order valence-corrected chi connectivity index (χ0v) is 13.4. The van der Waals surface area contributed by atoms with E-state index in [9.17, 15) is 4.79 Å². The Bertz CT molecular complexity index is 698. The Hall–Kier alpha value is -2.12. The fraction of sp³-hybridized carbons (Fsp3) is 0.200. The van der Waals surface area contributed by atoms with Gasteiger partial charge in [0.2, 0.25) is 0 Å². The first kappa shape index (κ1) is 14.8. The quantitative estimate of drug-likeness (QED) is 0.697. The van der Waals surface area contributed by atoms with Crippen LogP contribution in [0.3, 0.4) is 0 Å². The summed E-state index contributed by atoms with van der Waals surface area (Å²) in [4.78, 5) is 18.6. The second kappa shape index (κ2) is 7.24. The molecule has 2 aromatic heterocycles. The molecule has 0 fully saturated rings. The lowest BCUT2D eigenvalue weighted by Crippen LogP contribution is -2.32. The monoisotopic (exact) mass is 330 g/mol. The molecule has 0 N–H and O–H groups in total. The SMILES string of the molecule is O=C(c1csnn1)N(CCc1ccccc1)Cc1nccs1. The number of amides is 1. The van der Waals surface area contributed by atoms with Crippen LogP contribution in [-0.2, 0) is 13.0 Å². The van der Waals surface area contributed by atoms with Gasteiger partial charge < -0.3 is 4.90 Å². The highest BCUT2D eigenvalue weighted by Gasteiger charge is 2.19. The number of hydrogen-bond acceptors (Lipinski definition) is 6. The van der Waals surface area contributed by atoms with Crippen LogP contribution in [0.1, 0.15) is 21.1 Å². The zero-order chi connectivity index (χ0) is 15.2. The van der Waals surface area contributed by atoms with Crippen LogP contribution in [0.15, 0.2) is 47.3 Å². The highest BCUT2D eigenvalue weighted by molar-refractivity contribution is 7.09.